The number of rotatable bonds is 6. The Kier molecular flexibility index (Phi) is 7.81. The molecule has 0 fully saturated rings. The molecule has 0 spiro atoms. The Morgan fingerprint density at radius 3 is 2.00 bits per heavy atom. The third kappa shape index (κ3) is 3.71. The van der Waals surface area contributed by atoms with E-state index in [0.29, 0.717) is 22.6 Å². The van der Waals surface area contributed by atoms with Gasteiger partial charge < -0.3 is 19.0 Å². The monoisotopic (exact) mass is 371 g/mol. The van der Waals surface area contributed by atoms with Crippen LogP contribution < -0.4 is 9.47 Å². The van der Waals surface area contributed by atoms with Crippen LogP contribution in [-0.4, -0.2) is 25.6 Å². The predicted octanol–water partition coefficient (Wildman–Crippen LogP) is 2.37. The van der Waals surface area contributed by atoms with Crippen molar-refractivity contribution in [2.24, 2.45) is 0 Å². The molecule has 0 N–H and O–H groups in total. The van der Waals surface area contributed by atoms with Gasteiger partial charge in [0.25, 0.3) is 5.69 Å². The van der Waals surface area contributed by atoms with Crippen LogP contribution in [0.3, 0.4) is 0 Å². The average Bonchev–Trinajstić information content (AvgIpc) is 2.39. The van der Waals surface area contributed by atoms with Crippen LogP contribution in [0.25, 0.3) is 0 Å². The van der Waals surface area contributed by atoms with E-state index >= 15 is 0 Å². The number of methoxy groups -OCH3 is 2. The first-order chi connectivity index (χ1) is 9.40. The Labute approximate surface area is 148 Å². The summed E-state index contributed by atoms with van der Waals surface area (Å²) < 4.78 is 15.2. The minimum atomic E-state index is -0.814. The van der Waals surface area contributed by atoms with Crippen molar-refractivity contribution in [2.45, 2.75) is 26.9 Å². The molecule has 0 heterocycles. The molecule has 0 saturated carbocycles. The first kappa shape index (κ1) is 19.8. The minimum absolute atomic E-state index is 0. The summed E-state index contributed by atoms with van der Waals surface area (Å²) in [5.74, 6) is 0.676. The number of nitro groups is 1. The van der Waals surface area contributed by atoms with Crippen LogP contribution >= 0.6 is 0 Å². The second-order valence-electron chi connectivity index (χ2n) is 4.18. The molecule has 0 saturated heterocycles. The normalized spacial score (nSPS) is 11.1. The molecular formula is C13H16NO6Y+2. The van der Waals surface area contributed by atoms with Gasteiger partial charge in [-0.2, -0.15) is 0 Å². The van der Waals surface area contributed by atoms with E-state index in [1.54, 1.807) is 13.8 Å². The van der Waals surface area contributed by atoms with Crippen molar-refractivity contribution in [2.75, 3.05) is 14.2 Å². The van der Waals surface area contributed by atoms with E-state index < -0.39 is 11.0 Å². The molecule has 0 amide bonds. The van der Waals surface area contributed by atoms with Crippen LogP contribution in [-0.2, 0) is 42.2 Å². The number of ether oxygens (including phenoxy) is 3. The van der Waals surface area contributed by atoms with Gasteiger partial charge in [0, 0.05) is 5.56 Å². The van der Waals surface area contributed by atoms with E-state index in [2.05, 4.69) is 0 Å². The quantitative estimate of drug-likeness (QED) is 0.433. The third-order valence-corrected chi connectivity index (χ3v) is 3.12. The number of nitro benzene ring substituents is 1. The molecule has 1 aromatic rings. The van der Waals surface area contributed by atoms with Gasteiger partial charge in [-0.05, 0) is 20.8 Å². The first-order valence-electron chi connectivity index (χ1n) is 5.82. The van der Waals surface area contributed by atoms with Crippen LogP contribution in [0.4, 0.5) is 5.69 Å². The van der Waals surface area contributed by atoms with Crippen molar-refractivity contribution in [3.05, 3.63) is 26.8 Å². The number of carbonyl (C=O) groups excluding carboxylic acids is 1. The zero-order valence-corrected chi connectivity index (χ0v) is 15.4. The van der Waals surface area contributed by atoms with Crippen LogP contribution in [0, 0.1) is 24.0 Å². The van der Waals surface area contributed by atoms with Gasteiger partial charge in [-0.25, -0.2) is 0 Å². The van der Waals surface area contributed by atoms with E-state index in [4.69, 9.17) is 14.2 Å². The molecule has 1 aromatic carbocycles. The molecule has 0 radical (unpaired) electrons. The molecule has 110 valence electrons. The second kappa shape index (κ2) is 8.29. The maximum Gasteiger partial charge on any atom is 3.00 e. The van der Waals surface area contributed by atoms with E-state index in [9.17, 15) is 14.9 Å². The van der Waals surface area contributed by atoms with Gasteiger partial charge in [0.2, 0.25) is 0 Å². The fourth-order valence-corrected chi connectivity index (χ4v) is 2.31. The Bertz CT molecular complexity index is 546. The van der Waals surface area contributed by atoms with E-state index in [-0.39, 0.29) is 44.0 Å². The molecule has 0 aliphatic rings. The molecule has 1 atom stereocenters. The molecule has 0 aliphatic heterocycles. The van der Waals surface area contributed by atoms with Gasteiger partial charge in [-0.3, -0.25) is 10.1 Å². The Balaban J connectivity index is 0.00000400. The zero-order chi connectivity index (χ0) is 15.4. The Morgan fingerprint density at radius 2 is 1.62 bits per heavy atom. The minimum Gasteiger partial charge on any atom is -0.648 e. The Morgan fingerprint density at radius 1 is 1.14 bits per heavy atom. The van der Waals surface area contributed by atoms with Gasteiger partial charge in [0.05, 0.1) is 36.4 Å². The molecule has 0 aliphatic carbocycles. The third-order valence-electron chi connectivity index (χ3n) is 3.12. The summed E-state index contributed by atoms with van der Waals surface area (Å²) in [6.45, 7) is 6.04. The zero-order valence-electron chi connectivity index (χ0n) is 12.6. The van der Waals surface area contributed by atoms with Crippen molar-refractivity contribution < 1.29 is 56.6 Å². The predicted molar refractivity (Wildman–Crippen MR) is 70.9 cm³/mol. The van der Waals surface area contributed by atoms with Crippen molar-refractivity contribution in [3.63, 3.8) is 0 Å². The summed E-state index contributed by atoms with van der Waals surface area (Å²) in [4.78, 5) is 21.2. The standard InChI is InChI=1S/C13H16NO6.Y/c1-7-10(9(3)20-6-15)11(14(16)17)8(2)13(19-5)12(7)18-4;/h9H,1-5H3;/q-1;+3. The van der Waals surface area contributed by atoms with Crippen molar-refractivity contribution in [3.8, 4) is 11.5 Å². The summed E-state index contributed by atoms with van der Waals surface area (Å²) in [5.41, 5.74) is 0.928. The molecule has 8 heteroatoms. The topological polar surface area (TPSA) is 87.9 Å². The van der Waals surface area contributed by atoms with E-state index in [1.807, 2.05) is 0 Å². The number of benzene rings is 1. The molecule has 1 rings (SSSR count). The number of hydrogen-bond acceptors (Lipinski definition) is 6. The largest absolute Gasteiger partial charge is 3.00 e. The second-order valence-corrected chi connectivity index (χ2v) is 4.18. The maximum atomic E-state index is 11.3. The van der Waals surface area contributed by atoms with Crippen LogP contribution in [0.2, 0.25) is 0 Å². The fourth-order valence-electron chi connectivity index (χ4n) is 2.31. The first-order valence-corrected chi connectivity index (χ1v) is 5.82. The molecule has 7 nitrogen and oxygen atoms in total. The van der Waals surface area contributed by atoms with Crippen LogP contribution in [0.1, 0.15) is 29.7 Å². The van der Waals surface area contributed by atoms with Gasteiger partial charge in [-0.15, -0.1) is 0 Å². The molecular weight excluding hydrogens is 355 g/mol. The summed E-state index contributed by atoms with van der Waals surface area (Å²) in [7, 11) is 2.85. The molecule has 0 bridgehead atoms. The van der Waals surface area contributed by atoms with Crippen molar-refractivity contribution in [1.82, 2.24) is 0 Å². The number of hydrogen-bond donors (Lipinski definition) is 0. The SMILES string of the molecule is COc1c(C)c(C(C)O[C-]=O)c([N+](=O)[O-])c(C)c1OC.[Y+3]. The Hall–Kier alpha value is -1.21. The van der Waals surface area contributed by atoms with Gasteiger partial charge in [0.1, 0.15) is 0 Å². The molecule has 21 heavy (non-hydrogen) atoms. The molecule has 0 aromatic heterocycles. The average molecular weight is 371 g/mol. The van der Waals surface area contributed by atoms with Gasteiger partial charge in [0.15, 0.2) is 11.5 Å². The molecule has 1 unspecified atom stereocenters. The van der Waals surface area contributed by atoms with E-state index in [1.165, 1.54) is 27.6 Å². The van der Waals surface area contributed by atoms with E-state index in [0.717, 1.165) is 0 Å². The van der Waals surface area contributed by atoms with Gasteiger partial charge in [-0.1, -0.05) is 6.47 Å². The maximum absolute atomic E-state index is 11.3. The fraction of sp³-hybridized carbons (Fsp3) is 0.462. The summed E-state index contributed by atoms with van der Waals surface area (Å²) in [6, 6.07) is 0. The summed E-state index contributed by atoms with van der Waals surface area (Å²) >= 11 is 0. The van der Waals surface area contributed by atoms with Crippen LogP contribution in [0.15, 0.2) is 0 Å². The van der Waals surface area contributed by atoms with Crippen LogP contribution in [0.5, 0.6) is 11.5 Å². The smallest absolute Gasteiger partial charge is 0.648 e. The van der Waals surface area contributed by atoms with Gasteiger partial charge >= 0.3 is 32.7 Å². The van der Waals surface area contributed by atoms with Crippen molar-refractivity contribution >= 4 is 12.2 Å². The van der Waals surface area contributed by atoms with Crippen molar-refractivity contribution in [1.29, 1.82) is 0 Å². The number of nitrogens with zero attached hydrogens (tertiary/aromatic N) is 1. The summed E-state index contributed by atoms with van der Waals surface area (Å²) in [5, 5.41) is 11.3. The summed E-state index contributed by atoms with van der Waals surface area (Å²) in [6.07, 6.45) is -0.814.